The van der Waals surface area contributed by atoms with Crippen LogP contribution in [0.3, 0.4) is 0 Å². The van der Waals surface area contributed by atoms with Gasteiger partial charge in [0.1, 0.15) is 0 Å². The molecular weight excluding hydrogens is 218 g/mol. The van der Waals surface area contributed by atoms with Gasteiger partial charge in [-0.2, -0.15) is 0 Å². The van der Waals surface area contributed by atoms with Crippen molar-refractivity contribution in [2.75, 3.05) is 0 Å². The number of hydrogen-bond donors (Lipinski definition) is 1. The molecule has 18 heavy (non-hydrogen) atoms. The number of nitrogens with two attached hydrogens (primary N) is 1. The van der Waals surface area contributed by atoms with Crippen molar-refractivity contribution in [1.82, 2.24) is 0 Å². The van der Waals surface area contributed by atoms with Gasteiger partial charge in [0.05, 0.1) is 0 Å². The summed E-state index contributed by atoms with van der Waals surface area (Å²) in [6, 6.07) is 9.17. The molecule has 100 valence electrons. The SMILES string of the molecule is CCc1ccc(C(N)C2CCC(CC)CC2)cc1. The molecule has 0 amide bonds. The topological polar surface area (TPSA) is 26.0 Å². The summed E-state index contributed by atoms with van der Waals surface area (Å²) in [6.45, 7) is 4.51. The molecule has 1 aliphatic carbocycles. The Morgan fingerprint density at radius 1 is 1.06 bits per heavy atom. The Kier molecular flexibility index (Phi) is 4.82. The van der Waals surface area contributed by atoms with Crippen molar-refractivity contribution in [2.45, 2.75) is 58.4 Å². The van der Waals surface area contributed by atoms with E-state index in [1.165, 1.54) is 43.2 Å². The van der Waals surface area contributed by atoms with Crippen molar-refractivity contribution in [2.24, 2.45) is 17.6 Å². The third kappa shape index (κ3) is 3.14. The van der Waals surface area contributed by atoms with Crippen LogP contribution in [0.25, 0.3) is 0 Å². The van der Waals surface area contributed by atoms with E-state index in [9.17, 15) is 0 Å². The highest BCUT2D eigenvalue weighted by Gasteiger charge is 2.25. The lowest BCUT2D eigenvalue weighted by Gasteiger charge is -2.32. The zero-order valence-corrected chi connectivity index (χ0v) is 11.9. The molecule has 0 bridgehead atoms. The fraction of sp³-hybridized carbons (Fsp3) is 0.647. The highest BCUT2D eigenvalue weighted by molar-refractivity contribution is 5.25. The van der Waals surface area contributed by atoms with Gasteiger partial charge in [-0.15, -0.1) is 0 Å². The minimum atomic E-state index is 0.244. The lowest BCUT2D eigenvalue weighted by Crippen LogP contribution is -2.25. The molecule has 1 unspecified atom stereocenters. The monoisotopic (exact) mass is 245 g/mol. The van der Waals surface area contributed by atoms with E-state index in [0.29, 0.717) is 5.92 Å². The standard InChI is InChI=1S/C17H27N/c1-3-13-5-9-15(10-6-13)17(18)16-11-7-14(4-2)8-12-16/h5-6,9-10,14,16-17H,3-4,7-8,11-12,18H2,1-2H3. The van der Waals surface area contributed by atoms with Crippen LogP contribution in [-0.4, -0.2) is 0 Å². The first-order valence-electron chi connectivity index (χ1n) is 7.59. The molecule has 1 aliphatic rings. The smallest absolute Gasteiger partial charge is 0.0323 e. The zero-order valence-electron chi connectivity index (χ0n) is 11.9. The summed E-state index contributed by atoms with van der Waals surface area (Å²) in [6.07, 6.45) is 7.83. The maximum atomic E-state index is 6.45. The van der Waals surface area contributed by atoms with E-state index in [0.717, 1.165) is 12.3 Å². The zero-order chi connectivity index (χ0) is 13.0. The molecule has 0 aliphatic heterocycles. The van der Waals surface area contributed by atoms with E-state index in [1.54, 1.807) is 0 Å². The Morgan fingerprint density at radius 3 is 2.17 bits per heavy atom. The van der Waals surface area contributed by atoms with E-state index in [4.69, 9.17) is 5.73 Å². The van der Waals surface area contributed by atoms with Gasteiger partial charge in [0.2, 0.25) is 0 Å². The summed E-state index contributed by atoms with van der Waals surface area (Å²) in [5, 5.41) is 0. The second-order valence-corrected chi connectivity index (χ2v) is 5.81. The molecule has 1 heteroatoms. The summed E-state index contributed by atoms with van der Waals surface area (Å²) in [5.74, 6) is 1.65. The predicted molar refractivity (Wildman–Crippen MR) is 78.5 cm³/mol. The second-order valence-electron chi connectivity index (χ2n) is 5.81. The van der Waals surface area contributed by atoms with Crippen LogP contribution in [0.5, 0.6) is 0 Å². The van der Waals surface area contributed by atoms with Crippen LogP contribution in [-0.2, 0) is 6.42 Å². The fourth-order valence-electron chi connectivity index (χ4n) is 3.20. The van der Waals surface area contributed by atoms with Crippen LogP contribution in [0.1, 0.15) is 63.1 Å². The van der Waals surface area contributed by atoms with Crippen molar-refractivity contribution in [3.8, 4) is 0 Å². The van der Waals surface area contributed by atoms with E-state index >= 15 is 0 Å². The van der Waals surface area contributed by atoms with Gasteiger partial charge in [-0.3, -0.25) is 0 Å². The highest BCUT2D eigenvalue weighted by atomic mass is 14.7. The highest BCUT2D eigenvalue weighted by Crippen LogP contribution is 2.36. The van der Waals surface area contributed by atoms with Crippen molar-refractivity contribution in [1.29, 1.82) is 0 Å². The minimum Gasteiger partial charge on any atom is -0.324 e. The van der Waals surface area contributed by atoms with E-state index in [-0.39, 0.29) is 6.04 Å². The van der Waals surface area contributed by atoms with Crippen LogP contribution in [0.2, 0.25) is 0 Å². The molecule has 1 saturated carbocycles. The van der Waals surface area contributed by atoms with Crippen molar-refractivity contribution in [3.05, 3.63) is 35.4 Å². The maximum Gasteiger partial charge on any atom is 0.0323 e. The molecule has 0 heterocycles. The van der Waals surface area contributed by atoms with E-state index in [1.807, 2.05) is 0 Å². The molecule has 2 N–H and O–H groups in total. The first-order valence-corrected chi connectivity index (χ1v) is 7.59. The first-order chi connectivity index (χ1) is 8.74. The lowest BCUT2D eigenvalue weighted by molar-refractivity contribution is 0.240. The van der Waals surface area contributed by atoms with Crippen molar-refractivity contribution in [3.63, 3.8) is 0 Å². The van der Waals surface area contributed by atoms with Gasteiger partial charge in [0, 0.05) is 6.04 Å². The molecule has 1 atom stereocenters. The Bertz CT molecular complexity index is 346. The minimum absolute atomic E-state index is 0.244. The number of rotatable bonds is 4. The van der Waals surface area contributed by atoms with Gasteiger partial charge in [-0.25, -0.2) is 0 Å². The molecule has 1 fully saturated rings. The molecule has 0 radical (unpaired) electrons. The third-order valence-corrected chi connectivity index (χ3v) is 4.75. The molecular formula is C17H27N. The Morgan fingerprint density at radius 2 is 1.67 bits per heavy atom. The van der Waals surface area contributed by atoms with Crippen molar-refractivity contribution >= 4 is 0 Å². The molecule has 2 rings (SSSR count). The average Bonchev–Trinajstić information content (AvgIpc) is 2.47. The molecule has 0 saturated heterocycles. The molecule has 1 aromatic carbocycles. The van der Waals surface area contributed by atoms with Crippen molar-refractivity contribution < 1.29 is 0 Å². The maximum absolute atomic E-state index is 6.45. The van der Waals surface area contributed by atoms with Crippen LogP contribution in [0.4, 0.5) is 0 Å². The summed E-state index contributed by atoms with van der Waals surface area (Å²) in [7, 11) is 0. The molecule has 0 aromatic heterocycles. The third-order valence-electron chi connectivity index (χ3n) is 4.75. The van der Waals surface area contributed by atoms with Gasteiger partial charge in [-0.05, 0) is 42.2 Å². The second kappa shape index (κ2) is 6.38. The molecule has 0 spiro atoms. The summed E-state index contributed by atoms with van der Waals surface area (Å²) < 4.78 is 0. The number of aryl methyl sites for hydroxylation is 1. The Hall–Kier alpha value is -0.820. The Labute approximate surface area is 112 Å². The lowest BCUT2D eigenvalue weighted by atomic mass is 9.76. The molecule has 1 aromatic rings. The Balaban J connectivity index is 1.96. The number of hydrogen-bond acceptors (Lipinski definition) is 1. The summed E-state index contributed by atoms with van der Waals surface area (Å²) in [4.78, 5) is 0. The van der Waals surface area contributed by atoms with Gasteiger partial charge in [-0.1, -0.05) is 57.4 Å². The van der Waals surface area contributed by atoms with Crippen LogP contribution < -0.4 is 5.73 Å². The van der Waals surface area contributed by atoms with E-state index in [2.05, 4.69) is 38.1 Å². The largest absolute Gasteiger partial charge is 0.324 e. The fourth-order valence-corrected chi connectivity index (χ4v) is 3.20. The van der Waals surface area contributed by atoms with Gasteiger partial charge >= 0.3 is 0 Å². The molecule has 1 nitrogen and oxygen atoms in total. The van der Waals surface area contributed by atoms with Crippen LogP contribution in [0, 0.1) is 11.8 Å². The normalized spacial score (nSPS) is 25.9. The quantitative estimate of drug-likeness (QED) is 0.832. The van der Waals surface area contributed by atoms with Crippen LogP contribution >= 0.6 is 0 Å². The first kappa shape index (κ1) is 13.6. The number of benzene rings is 1. The van der Waals surface area contributed by atoms with Crippen LogP contribution in [0.15, 0.2) is 24.3 Å². The van der Waals surface area contributed by atoms with Gasteiger partial charge in [0.15, 0.2) is 0 Å². The van der Waals surface area contributed by atoms with Gasteiger partial charge < -0.3 is 5.73 Å². The summed E-state index contributed by atoms with van der Waals surface area (Å²) >= 11 is 0. The predicted octanol–water partition coefficient (Wildman–Crippen LogP) is 4.47. The van der Waals surface area contributed by atoms with E-state index < -0.39 is 0 Å². The average molecular weight is 245 g/mol. The summed E-state index contributed by atoms with van der Waals surface area (Å²) in [5.41, 5.74) is 9.18. The van der Waals surface area contributed by atoms with Gasteiger partial charge in [0.25, 0.3) is 0 Å².